The number of rotatable bonds is 3. The van der Waals surface area contributed by atoms with E-state index in [1.54, 1.807) is 0 Å². The first-order chi connectivity index (χ1) is 7.84. The third-order valence-electron chi connectivity index (χ3n) is 1.98. The summed E-state index contributed by atoms with van der Waals surface area (Å²) in [5, 5.41) is 10.4. The Morgan fingerprint density at radius 2 is 1.94 bits per heavy atom. The van der Waals surface area contributed by atoms with Crippen molar-refractivity contribution in [3.05, 3.63) is 29.8 Å². The van der Waals surface area contributed by atoms with E-state index in [9.17, 15) is 22.0 Å². The molecule has 0 saturated heterocycles. The standard InChI is InChI=1S/C10H7F5N2/c11-7-1-2-9(8(12)3-7)17-5-6(4-16)10(13,14)15/h1-3,6,17H,5H2. The lowest BCUT2D eigenvalue weighted by atomic mass is 10.1. The Bertz CT molecular complexity index is 435. The number of anilines is 1. The molecule has 92 valence electrons. The molecule has 2 nitrogen and oxygen atoms in total. The highest BCUT2D eigenvalue weighted by molar-refractivity contribution is 5.44. The smallest absolute Gasteiger partial charge is 0.381 e. The van der Waals surface area contributed by atoms with Crippen molar-refractivity contribution in [2.75, 3.05) is 11.9 Å². The molecule has 0 fully saturated rings. The summed E-state index contributed by atoms with van der Waals surface area (Å²) in [6.07, 6.45) is -4.68. The Morgan fingerprint density at radius 1 is 1.29 bits per heavy atom. The van der Waals surface area contributed by atoms with Crippen LogP contribution < -0.4 is 5.32 Å². The fourth-order valence-corrected chi connectivity index (χ4v) is 1.08. The fraction of sp³-hybridized carbons (Fsp3) is 0.300. The predicted octanol–water partition coefficient (Wildman–Crippen LogP) is 3.08. The van der Waals surface area contributed by atoms with Crippen LogP contribution in [0.5, 0.6) is 0 Å². The second-order valence-corrected chi connectivity index (χ2v) is 3.23. The maximum absolute atomic E-state index is 13.0. The highest BCUT2D eigenvalue weighted by Crippen LogP contribution is 2.26. The molecule has 0 aliphatic rings. The van der Waals surface area contributed by atoms with Gasteiger partial charge in [0.15, 0.2) is 5.92 Å². The monoisotopic (exact) mass is 250 g/mol. The van der Waals surface area contributed by atoms with E-state index in [4.69, 9.17) is 5.26 Å². The molecule has 0 aliphatic carbocycles. The van der Waals surface area contributed by atoms with Crippen molar-refractivity contribution in [2.24, 2.45) is 5.92 Å². The summed E-state index contributed by atoms with van der Waals surface area (Å²) in [4.78, 5) is 0. The Labute approximate surface area is 93.7 Å². The number of hydrogen-bond acceptors (Lipinski definition) is 2. The molecule has 1 unspecified atom stereocenters. The number of halogens is 5. The van der Waals surface area contributed by atoms with E-state index in [0.29, 0.717) is 6.07 Å². The second-order valence-electron chi connectivity index (χ2n) is 3.23. The lowest BCUT2D eigenvalue weighted by molar-refractivity contribution is -0.155. The number of benzene rings is 1. The maximum atomic E-state index is 13.0. The Morgan fingerprint density at radius 3 is 2.41 bits per heavy atom. The molecular formula is C10H7F5N2. The predicted molar refractivity (Wildman–Crippen MR) is 50.0 cm³/mol. The van der Waals surface area contributed by atoms with Gasteiger partial charge in [0.25, 0.3) is 0 Å². The number of nitrogens with one attached hydrogen (secondary N) is 1. The van der Waals surface area contributed by atoms with Crippen LogP contribution >= 0.6 is 0 Å². The van der Waals surface area contributed by atoms with Crippen LogP contribution in [0, 0.1) is 28.9 Å². The first-order valence-electron chi connectivity index (χ1n) is 4.50. The van der Waals surface area contributed by atoms with Crippen LogP contribution in [0.4, 0.5) is 27.6 Å². The van der Waals surface area contributed by atoms with E-state index in [1.807, 2.05) is 0 Å². The zero-order chi connectivity index (χ0) is 13.1. The first kappa shape index (κ1) is 13.2. The summed E-state index contributed by atoms with van der Waals surface area (Å²) in [5.74, 6) is -4.09. The van der Waals surface area contributed by atoms with Gasteiger partial charge >= 0.3 is 6.18 Å². The molecule has 1 aromatic carbocycles. The lowest BCUT2D eigenvalue weighted by Gasteiger charge is -2.14. The van der Waals surface area contributed by atoms with Crippen LogP contribution in [0.25, 0.3) is 0 Å². The van der Waals surface area contributed by atoms with Gasteiger partial charge in [-0.25, -0.2) is 8.78 Å². The molecule has 0 bridgehead atoms. The Balaban J connectivity index is 2.71. The molecule has 1 rings (SSSR count). The van der Waals surface area contributed by atoms with E-state index in [2.05, 4.69) is 5.32 Å². The van der Waals surface area contributed by atoms with Gasteiger partial charge in [0.2, 0.25) is 0 Å². The van der Waals surface area contributed by atoms with Crippen molar-refractivity contribution in [2.45, 2.75) is 6.18 Å². The largest absolute Gasteiger partial charge is 0.406 e. The average Bonchev–Trinajstić information content (AvgIpc) is 2.19. The SMILES string of the molecule is N#CC(CNc1ccc(F)cc1F)C(F)(F)F. The zero-order valence-electron chi connectivity index (χ0n) is 8.35. The van der Waals surface area contributed by atoms with Crippen LogP contribution in [-0.4, -0.2) is 12.7 Å². The van der Waals surface area contributed by atoms with Crippen molar-refractivity contribution in [3.63, 3.8) is 0 Å². The number of hydrogen-bond donors (Lipinski definition) is 1. The topological polar surface area (TPSA) is 35.8 Å². The van der Waals surface area contributed by atoms with E-state index in [0.717, 1.165) is 18.2 Å². The molecule has 17 heavy (non-hydrogen) atoms. The summed E-state index contributed by atoms with van der Waals surface area (Å²) in [5.41, 5.74) is -0.282. The highest BCUT2D eigenvalue weighted by Gasteiger charge is 2.39. The van der Waals surface area contributed by atoms with Gasteiger partial charge in [0.1, 0.15) is 11.6 Å². The third kappa shape index (κ3) is 3.59. The highest BCUT2D eigenvalue weighted by atomic mass is 19.4. The summed E-state index contributed by atoms with van der Waals surface area (Å²) in [6, 6.07) is 3.47. The molecule has 1 aromatic rings. The minimum atomic E-state index is -4.68. The normalized spacial score (nSPS) is 12.9. The van der Waals surface area contributed by atoms with Crippen LogP contribution in [0.15, 0.2) is 18.2 Å². The van der Waals surface area contributed by atoms with Crippen molar-refractivity contribution < 1.29 is 22.0 Å². The van der Waals surface area contributed by atoms with Gasteiger partial charge in [-0.3, -0.25) is 0 Å². The van der Waals surface area contributed by atoms with Gasteiger partial charge in [0.05, 0.1) is 11.8 Å². The lowest BCUT2D eigenvalue weighted by Crippen LogP contribution is -2.28. The van der Waals surface area contributed by atoms with E-state index < -0.39 is 30.3 Å². The second kappa shape index (κ2) is 4.99. The third-order valence-corrected chi connectivity index (χ3v) is 1.98. The van der Waals surface area contributed by atoms with Crippen LogP contribution in [0.1, 0.15) is 0 Å². The summed E-state index contributed by atoms with van der Waals surface area (Å²) in [6.45, 7) is -0.789. The van der Waals surface area contributed by atoms with Gasteiger partial charge in [-0.15, -0.1) is 0 Å². The van der Waals surface area contributed by atoms with Gasteiger partial charge in [-0.2, -0.15) is 18.4 Å². The molecule has 0 aromatic heterocycles. The molecule has 0 amide bonds. The maximum Gasteiger partial charge on any atom is 0.406 e. The molecule has 0 heterocycles. The molecule has 0 radical (unpaired) electrons. The average molecular weight is 250 g/mol. The van der Waals surface area contributed by atoms with Gasteiger partial charge in [-0.05, 0) is 12.1 Å². The molecular weight excluding hydrogens is 243 g/mol. The number of alkyl halides is 3. The quantitative estimate of drug-likeness (QED) is 0.837. The van der Waals surface area contributed by atoms with Crippen molar-refractivity contribution in [3.8, 4) is 6.07 Å². The number of nitrogens with zero attached hydrogens (tertiary/aromatic N) is 1. The van der Waals surface area contributed by atoms with Crippen molar-refractivity contribution in [1.82, 2.24) is 0 Å². The van der Waals surface area contributed by atoms with Crippen LogP contribution in [-0.2, 0) is 0 Å². The summed E-state index contributed by atoms with van der Waals surface area (Å²) < 4.78 is 62.1. The summed E-state index contributed by atoms with van der Waals surface area (Å²) in [7, 11) is 0. The molecule has 7 heteroatoms. The van der Waals surface area contributed by atoms with Gasteiger partial charge < -0.3 is 5.32 Å². The van der Waals surface area contributed by atoms with E-state index >= 15 is 0 Å². The number of nitriles is 1. The fourth-order valence-electron chi connectivity index (χ4n) is 1.08. The van der Waals surface area contributed by atoms with Crippen molar-refractivity contribution in [1.29, 1.82) is 5.26 Å². The summed E-state index contributed by atoms with van der Waals surface area (Å²) >= 11 is 0. The Hall–Kier alpha value is -1.84. The van der Waals surface area contributed by atoms with Crippen LogP contribution in [0.2, 0.25) is 0 Å². The zero-order valence-corrected chi connectivity index (χ0v) is 8.35. The molecule has 1 atom stereocenters. The molecule has 1 N–H and O–H groups in total. The molecule has 0 aliphatic heterocycles. The van der Waals surface area contributed by atoms with Gasteiger partial charge in [-0.1, -0.05) is 0 Å². The molecule has 0 spiro atoms. The van der Waals surface area contributed by atoms with E-state index in [1.165, 1.54) is 0 Å². The van der Waals surface area contributed by atoms with E-state index in [-0.39, 0.29) is 5.69 Å². The van der Waals surface area contributed by atoms with Crippen LogP contribution in [0.3, 0.4) is 0 Å². The minimum Gasteiger partial charge on any atom is -0.381 e. The van der Waals surface area contributed by atoms with Gasteiger partial charge in [0, 0.05) is 12.6 Å². The Kier molecular flexibility index (Phi) is 3.89. The first-order valence-corrected chi connectivity index (χ1v) is 4.50. The molecule has 0 saturated carbocycles. The minimum absolute atomic E-state index is 0.282. The van der Waals surface area contributed by atoms with Crippen molar-refractivity contribution >= 4 is 5.69 Å².